The third-order valence-electron chi connectivity index (χ3n) is 4.16. The van der Waals surface area contributed by atoms with E-state index in [9.17, 15) is 4.79 Å². The number of fused-ring (bicyclic) bond motifs is 1. The lowest BCUT2D eigenvalue weighted by atomic mass is 9.85. The molecule has 24 heavy (non-hydrogen) atoms. The Kier molecular flexibility index (Phi) is 4.81. The minimum absolute atomic E-state index is 0.0151. The highest BCUT2D eigenvalue weighted by molar-refractivity contribution is 7.10. The van der Waals surface area contributed by atoms with Gasteiger partial charge in [-0.1, -0.05) is 39.0 Å². The highest BCUT2D eigenvalue weighted by Crippen LogP contribution is 2.35. The minimum Gasteiger partial charge on any atom is -0.490 e. The molecule has 2 aromatic rings. The van der Waals surface area contributed by atoms with E-state index in [1.165, 1.54) is 4.88 Å². The summed E-state index contributed by atoms with van der Waals surface area (Å²) in [5.74, 6) is 0.891. The van der Waals surface area contributed by atoms with Gasteiger partial charge < -0.3 is 15.0 Å². The monoisotopic (exact) mass is 344 g/mol. The van der Waals surface area contributed by atoms with Crippen molar-refractivity contribution in [2.24, 2.45) is 5.41 Å². The summed E-state index contributed by atoms with van der Waals surface area (Å²) in [5.41, 5.74) is 0.950. The number of para-hydroxylation sites is 2. The smallest absolute Gasteiger partial charge is 0.240 e. The van der Waals surface area contributed by atoms with E-state index in [1.54, 1.807) is 11.3 Å². The molecule has 1 amide bonds. The Bertz CT molecular complexity index is 692. The van der Waals surface area contributed by atoms with Crippen molar-refractivity contribution in [3.8, 4) is 5.75 Å². The summed E-state index contributed by atoms with van der Waals surface area (Å²) >= 11 is 1.69. The molecule has 3 rings (SSSR count). The van der Waals surface area contributed by atoms with E-state index in [1.807, 2.05) is 30.3 Å². The van der Waals surface area contributed by atoms with Crippen LogP contribution in [0.1, 0.15) is 31.7 Å². The van der Waals surface area contributed by atoms with Crippen molar-refractivity contribution < 1.29 is 9.53 Å². The number of benzene rings is 1. The Labute approximate surface area is 147 Å². The van der Waals surface area contributed by atoms with Gasteiger partial charge in [-0.15, -0.1) is 11.3 Å². The summed E-state index contributed by atoms with van der Waals surface area (Å²) in [5, 5.41) is 5.28. The van der Waals surface area contributed by atoms with E-state index >= 15 is 0 Å². The molecule has 1 aliphatic heterocycles. The van der Waals surface area contributed by atoms with Gasteiger partial charge in [-0.25, -0.2) is 0 Å². The Balaban J connectivity index is 1.71. The van der Waals surface area contributed by atoms with Crippen molar-refractivity contribution >= 4 is 22.9 Å². The molecular formula is C19H24N2O2S. The number of anilines is 1. The van der Waals surface area contributed by atoms with E-state index in [-0.39, 0.29) is 17.4 Å². The number of ether oxygens (including phenoxy) is 1. The van der Waals surface area contributed by atoms with Gasteiger partial charge in [0.1, 0.15) is 12.4 Å². The second kappa shape index (κ2) is 6.85. The van der Waals surface area contributed by atoms with Gasteiger partial charge in [0.25, 0.3) is 0 Å². The maximum absolute atomic E-state index is 12.7. The number of rotatable bonds is 4. The summed E-state index contributed by atoms with van der Waals surface area (Å²) < 4.78 is 5.66. The minimum atomic E-state index is -0.0383. The highest BCUT2D eigenvalue weighted by Gasteiger charge is 2.29. The summed E-state index contributed by atoms with van der Waals surface area (Å²) in [6, 6.07) is 12.0. The molecule has 1 N–H and O–H groups in total. The molecular weight excluding hydrogens is 320 g/mol. The molecule has 4 nitrogen and oxygen atoms in total. The van der Waals surface area contributed by atoms with Crippen LogP contribution in [-0.2, 0) is 4.79 Å². The molecule has 1 unspecified atom stereocenters. The van der Waals surface area contributed by atoms with E-state index in [0.717, 1.165) is 18.0 Å². The molecule has 5 heteroatoms. The van der Waals surface area contributed by atoms with Crippen LogP contribution in [0.3, 0.4) is 0 Å². The zero-order valence-electron chi connectivity index (χ0n) is 14.4. The van der Waals surface area contributed by atoms with Crippen LogP contribution in [-0.4, -0.2) is 25.6 Å². The van der Waals surface area contributed by atoms with Crippen molar-refractivity contribution in [3.63, 3.8) is 0 Å². The highest BCUT2D eigenvalue weighted by atomic mass is 32.1. The van der Waals surface area contributed by atoms with Crippen LogP contribution < -0.4 is 15.0 Å². The summed E-state index contributed by atoms with van der Waals surface area (Å²) in [6.07, 6.45) is 0. The third-order valence-corrected chi connectivity index (χ3v) is 5.10. The van der Waals surface area contributed by atoms with Crippen molar-refractivity contribution in [2.75, 3.05) is 24.6 Å². The van der Waals surface area contributed by atoms with Gasteiger partial charge in [0.15, 0.2) is 0 Å². The Hall–Kier alpha value is -2.01. The molecule has 0 fully saturated rings. The molecule has 128 valence electrons. The normalized spacial score (nSPS) is 15.4. The number of carbonyl (C=O) groups excluding carboxylic acids is 1. The molecule has 1 aromatic heterocycles. The summed E-state index contributed by atoms with van der Waals surface area (Å²) in [4.78, 5) is 16.0. The largest absolute Gasteiger partial charge is 0.490 e. The lowest BCUT2D eigenvalue weighted by Crippen LogP contribution is -2.44. The van der Waals surface area contributed by atoms with Crippen LogP contribution in [0.25, 0.3) is 0 Å². The Morgan fingerprint density at radius 1 is 1.29 bits per heavy atom. The Morgan fingerprint density at radius 3 is 2.79 bits per heavy atom. The van der Waals surface area contributed by atoms with E-state index in [0.29, 0.717) is 13.2 Å². The lowest BCUT2D eigenvalue weighted by Gasteiger charge is -2.34. The average molecular weight is 344 g/mol. The van der Waals surface area contributed by atoms with Gasteiger partial charge in [-0.3, -0.25) is 4.79 Å². The Morgan fingerprint density at radius 2 is 2.08 bits per heavy atom. The maximum Gasteiger partial charge on any atom is 0.240 e. The van der Waals surface area contributed by atoms with Crippen molar-refractivity contribution in [1.82, 2.24) is 5.32 Å². The topological polar surface area (TPSA) is 41.6 Å². The van der Waals surface area contributed by atoms with Gasteiger partial charge in [-0.2, -0.15) is 0 Å². The van der Waals surface area contributed by atoms with Crippen LogP contribution in [0.4, 0.5) is 5.69 Å². The number of hydrogen-bond acceptors (Lipinski definition) is 4. The van der Waals surface area contributed by atoms with Gasteiger partial charge >= 0.3 is 0 Å². The molecule has 0 saturated carbocycles. The number of nitrogens with zero attached hydrogens (tertiary/aromatic N) is 1. The molecule has 0 bridgehead atoms. The number of hydrogen-bond donors (Lipinski definition) is 1. The third kappa shape index (κ3) is 3.73. The number of carbonyl (C=O) groups is 1. The SMILES string of the molecule is CC(C)(C)C(NC(=O)CN1CCOc2ccccc21)c1cccs1. The first-order valence-electron chi connectivity index (χ1n) is 8.25. The van der Waals surface area contributed by atoms with Crippen molar-refractivity contribution in [1.29, 1.82) is 0 Å². The molecule has 0 saturated heterocycles. The number of nitrogens with one attached hydrogen (secondary N) is 1. The molecule has 1 atom stereocenters. The summed E-state index contributed by atoms with van der Waals surface area (Å²) in [7, 11) is 0. The van der Waals surface area contributed by atoms with Crippen LogP contribution >= 0.6 is 11.3 Å². The molecule has 0 aliphatic carbocycles. The quantitative estimate of drug-likeness (QED) is 0.916. The predicted octanol–water partition coefficient (Wildman–Crippen LogP) is 3.85. The summed E-state index contributed by atoms with van der Waals surface area (Å²) in [6.45, 7) is 8.14. The standard InChI is InChI=1S/C19H24N2O2S/c1-19(2,3)18(16-9-6-12-24-16)20-17(22)13-21-10-11-23-15-8-5-4-7-14(15)21/h4-9,12,18H,10-11,13H2,1-3H3,(H,20,22). The fourth-order valence-corrected chi connectivity index (χ4v) is 3.96. The van der Waals surface area contributed by atoms with Gasteiger partial charge in [0, 0.05) is 4.88 Å². The first kappa shape index (κ1) is 16.8. The average Bonchev–Trinajstić information content (AvgIpc) is 3.06. The molecule has 2 heterocycles. The fraction of sp³-hybridized carbons (Fsp3) is 0.421. The van der Waals surface area contributed by atoms with Crippen LogP contribution in [0.15, 0.2) is 41.8 Å². The number of thiophene rings is 1. The zero-order chi connectivity index (χ0) is 17.2. The number of amides is 1. The molecule has 1 aliphatic rings. The predicted molar refractivity (Wildman–Crippen MR) is 98.8 cm³/mol. The fourth-order valence-electron chi connectivity index (χ4n) is 2.94. The van der Waals surface area contributed by atoms with Crippen LogP contribution in [0, 0.1) is 5.41 Å². The van der Waals surface area contributed by atoms with Gasteiger partial charge in [0.05, 0.1) is 24.8 Å². The zero-order valence-corrected chi connectivity index (χ0v) is 15.2. The van der Waals surface area contributed by atoms with E-state index in [2.05, 4.69) is 42.4 Å². The van der Waals surface area contributed by atoms with Gasteiger partial charge in [-0.05, 0) is 29.0 Å². The lowest BCUT2D eigenvalue weighted by molar-refractivity contribution is -0.121. The van der Waals surface area contributed by atoms with Gasteiger partial charge in [0.2, 0.25) is 5.91 Å². The van der Waals surface area contributed by atoms with E-state index in [4.69, 9.17) is 4.74 Å². The first-order valence-corrected chi connectivity index (χ1v) is 9.12. The van der Waals surface area contributed by atoms with Crippen LogP contribution in [0.5, 0.6) is 5.75 Å². The molecule has 0 spiro atoms. The maximum atomic E-state index is 12.7. The molecule has 1 aromatic carbocycles. The second-order valence-electron chi connectivity index (χ2n) is 7.12. The van der Waals surface area contributed by atoms with Crippen molar-refractivity contribution in [2.45, 2.75) is 26.8 Å². The second-order valence-corrected chi connectivity index (χ2v) is 8.10. The first-order chi connectivity index (χ1) is 11.4. The van der Waals surface area contributed by atoms with E-state index < -0.39 is 0 Å². The molecule has 0 radical (unpaired) electrons. The van der Waals surface area contributed by atoms with Crippen LogP contribution in [0.2, 0.25) is 0 Å². The van der Waals surface area contributed by atoms with Crippen molar-refractivity contribution in [3.05, 3.63) is 46.7 Å².